The SMILES string of the molecule is CNc1cc(NCCc2cccs2)nc(N)n1. The van der Waals surface area contributed by atoms with Crippen molar-refractivity contribution in [1.29, 1.82) is 0 Å². The summed E-state index contributed by atoms with van der Waals surface area (Å²) >= 11 is 1.76. The normalized spacial score (nSPS) is 10.2. The Morgan fingerprint density at radius 1 is 1.35 bits per heavy atom. The Labute approximate surface area is 104 Å². The van der Waals surface area contributed by atoms with E-state index in [1.165, 1.54) is 4.88 Å². The first-order chi connectivity index (χ1) is 8.28. The van der Waals surface area contributed by atoms with Gasteiger partial charge >= 0.3 is 0 Å². The van der Waals surface area contributed by atoms with Crippen molar-refractivity contribution in [2.24, 2.45) is 0 Å². The number of nitrogens with zero attached hydrogens (tertiary/aromatic N) is 2. The molecule has 0 saturated heterocycles. The van der Waals surface area contributed by atoms with E-state index >= 15 is 0 Å². The van der Waals surface area contributed by atoms with Gasteiger partial charge < -0.3 is 16.4 Å². The number of nitrogens with two attached hydrogens (primary N) is 1. The second-order valence-electron chi connectivity index (χ2n) is 3.50. The molecule has 0 amide bonds. The van der Waals surface area contributed by atoms with Crippen LogP contribution in [0.5, 0.6) is 0 Å². The standard InChI is InChI=1S/C11H15N5S/c1-13-9-7-10(16-11(12)15-9)14-5-4-8-3-2-6-17-8/h2-3,6-7H,4-5H2,1H3,(H4,12,13,14,15,16). The van der Waals surface area contributed by atoms with Crippen LogP contribution in [0.3, 0.4) is 0 Å². The minimum Gasteiger partial charge on any atom is -0.373 e. The maximum atomic E-state index is 5.60. The van der Waals surface area contributed by atoms with Crippen molar-refractivity contribution < 1.29 is 0 Å². The molecule has 0 aliphatic heterocycles. The lowest BCUT2D eigenvalue weighted by Gasteiger charge is -2.07. The molecular weight excluding hydrogens is 234 g/mol. The Bertz CT molecular complexity index is 469. The average molecular weight is 249 g/mol. The number of thiophene rings is 1. The third kappa shape index (κ3) is 3.32. The van der Waals surface area contributed by atoms with E-state index in [-0.39, 0.29) is 5.95 Å². The molecule has 0 fully saturated rings. The van der Waals surface area contributed by atoms with Gasteiger partial charge in [0.2, 0.25) is 5.95 Å². The lowest BCUT2D eigenvalue weighted by atomic mass is 10.3. The number of nitrogen functional groups attached to an aromatic ring is 1. The van der Waals surface area contributed by atoms with Gasteiger partial charge in [-0.05, 0) is 17.9 Å². The van der Waals surface area contributed by atoms with E-state index in [1.807, 2.05) is 6.07 Å². The Morgan fingerprint density at radius 2 is 2.18 bits per heavy atom. The molecule has 0 saturated carbocycles. The second kappa shape index (κ2) is 5.49. The van der Waals surface area contributed by atoms with E-state index in [0.29, 0.717) is 0 Å². The molecule has 17 heavy (non-hydrogen) atoms. The molecule has 0 aromatic carbocycles. The monoisotopic (exact) mass is 249 g/mol. The first-order valence-electron chi connectivity index (χ1n) is 5.36. The number of hydrogen-bond acceptors (Lipinski definition) is 6. The first kappa shape index (κ1) is 11.7. The lowest BCUT2D eigenvalue weighted by molar-refractivity contribution is 1.02. The minimum absolute atomic E-state index is 0.274. The maximum Gasteiger partial charge on any atom is 0.223 e. The third-order valence-corrected chi connectivity index (χ3v) is 3.19. The van der Waals surface area contributed by atoms with Crippen LogP contribution in [0.15, 0.2) is 23.6 Å². The van der Waals surface area contributed by atoms with Crippen LogP contribution in [0.4, 0.5) is 17.6 Å². The Morgan fingerprint density at radius 3 is 2.88 bits per heavy atom. The van der Waals surface area contributed by atoms with E-state index in [1.54, 1.807) is 18.4 Å². The fraction of sp³-hybridized carbons (Fsp3) is 0.273. The summed E-state index contributed by atoms with van der Waals surface area (Å²) in [7, 11) is 1.80. The zero-order chi connectivity index (χ0) is 12.1. The van der Waals surface area contributed by atoms with Crippen molar-refractivity contribution in [3.63, 3.8) is 0 Å². The molecular formula is C11H15N5S. The first-order valence-corrected chi connectivity index (χ1v) is 6.24. The number of nitrogens with one attached hydrogen (secondary N) is 2. The van der Waals surface area contributed by atoms with Gasteiger partial charge in [-0.1, -0.05) is 6.07 Å². The number of hydrogen-bond donors (Lipinski definition) is 3. The number of anilines is 3. The zero-order valence-electron chi connectivity index (χ0n) is 9.60. The smallest absolute Gasteiger partial charge is 0.223 e. The number of rotatable bonds is 5. The van der Waals surface area contributed by atoms with Crippen molar-refractivity contribution in [2.75, 3.05) is 30.0 Å². The second-order valence-corrected chi connectivity index (χ2v) is 4.54. The van der Waals surface area contributed by atoms with Crippen LogP contribution < -0.4 is 16.4 Å². The fourth-order valence-electron chi connectivity index (χ4n) is 1.45. The summed E-state index contributed by atoms with van der Waals surface area (Å²) in [5.74, 6) is 1.74. The average Bonchev–Trinajstić information content (AvgIpc) is 2.81. The third-order valence-electron chi connectivity index (χ3n) is 2.26. The van der Waals surface area contributed by atoms with Gasteiger partial charge in [0, 0.05) is 24.5 Å². The quantitative estimate of drug-likeness (QED) is 0.753. The van der Waals surface area contributed by atoms with Crippen LogP contribution in [0.1, 0.15) is 4.88 Å². The Kier molecular flexibility index (Phi) is 3.77. The van der Waals surface area contributed by atoms with Crippen molar-refractivity contribution in [1.82, 2.24) is 9.97 Å². The van der Waals surface area contributed by atoms with E-state index in [0.717, 1.165) is 24.6 Å². The highest BCUT2D eigenvalue weighted by molar-refractivity contribution is 7.09. The van der Waals surface area contributed by atoms with Gasteiger partial charge in [-0.25, -0.2) is 0 Å². The molecule has 0 aliphatic carbocycles. The van der Waals surface area contributed by atoms with Crippen LogP contribution in [0.2, 0.25) is 0 Å². The minimum atomic E-state index is 0.274. The molecule has 0 aliphatic rings. The molecule has 90 valence electrons. The van der Waals surface area contributed by atoms with Gasteiger partial charge in [-0.2, -0.15) is 9.97 Å². The molecule has 2 aromatic rings. The maximum absolute atomic E-state index is 5.60. The molecule has 0 radical (unpaired) electrons. The molecule has 0 bridgehead atoms. The summed E-state index contributed by atoms with van der Waals surface area (Å²) < 4.78 is 0. The van der Waals surface area contributed by atoms with Crippen molar-refractivity contribution in [3.8, 4) is 0 Å². The summed E-state index contributed by atoms with van der Waals surface area (Å²) in [5, 5.41) is 8.26. The fourth-order valence-corrected chi connectivity index (χ4v) is 2.16. The largest absolute Gasteiger partial charge is 0.373 e. The molecule has 0 spiro atoms. The lowest BCUT2D eigenvalue weighted by Crippen LogP contribution is -2.08. The summed E-state index contributed by atoms with van der Waals surface area (Å²) in [5.41, 5.74) is 5.60. The molecule has 2 rings (SSSR count). The van der Waals surface area contributed by atoms with Gasteiger partial charge in [-0.3, -0.25) is 0 Å². The predicted octanol–water partition coefficient (Wildman–Crippen LogP) is 1.82. The van der Waals surface area contributed by atoms with Crippen LogP contribution in [0.25, 0.3) is 0 Å². The molecule has 2 aromatic heterocycles. The van der Waals surface area contributed by atoms with Crippen LogP contribution >= 0.6 is 11.3 Å². The van der Waals surface area contributed by atoms with Crippen LogP contribution in [0, 0.1) is 0 Å². The van der Waals surface area contributed by atoms with Crippen molar-refractivity contribution in [2.45, 2.75) is 6.42 Å². The van der Waals surface area contributed by atoms with E-state index in [4.69, 9.17) is 5.73 Å². The van der Waals surface area contributed by atoms with E-state index in [2.05, 4.69) is 38.1 Å². The summed E-state index contributed by atoms with van der Waals surface area (Å²) in [6.45, 7) is 0.833. The zero-order valence-corrected chi connectivity index (χ0v) is 10.4. The molecule has 0 unspecified atom stereocenters. The topological polar surface area (TPSA) is 75.9 Å². The van der Waals surface area contributed by atoms with Gasteiger partial charge in [0.15, 0.2) is 0 Å². The van der Waals surface area contributed by atoms with Crippen LogP contribution in [-0.4, -0.2) is 23.6 Å². The van der Waals surface area contributed by atoms with Crippen molar-refractivity contribution >= 4 is 28.9 Å². The number of aromatic nitrogens is 2. The highest BCUT2D eigenvalue weighted by atomic mass is 32.1. The van der Waals surface area contributed by atoms with E-state index in [9.17, 15) is 0 Å². The highest BCUT2D eigenvalue weighted by Crippen LogP contribution is 2.13. The van der Waals surface area contributed by atoms with Gasteiger partial charge in [0.1, 0.15) is 11.6 Å². The summed E-state index contributed by atoms with van der Waals surface area (Å²) in [6, 6.07) is 6.02. The Balaban J connectivity index is 1.92. The summed E-state index contributed by atoms with van der Waals surface area (Å²) in [4.78, 5) is 9.50. The molecule has 2 heterocycles. The van der Waals surface area contributed by atoms with Crippen LogP contribution in [-0.2, 0) is 6.42 Å². The molecule has 0 atom stereocenters. The predicted molar refractivity (Wildman–Crippen MR) is 72.5 cm³/mol. The Hall–Kier alpha value is -1.82. The van der Waals surface area contributed by atoms with Gasteiger partial charge in [-0.15, -0.1) is 11.3 Å². The summed E-state index contributed by atoms with van der Waals surface area (Å²) in [6.07, 6.45) is 0.983. The van der Waals surface area contributed by atoms with E-state index < -0.39 is 0 Å². The van der Waals surface area contributed by atoms with Crippen molar-refractivity contribution in [3.05, 3.63) is 28.5 Å². The highest BCUT2D eigenvalue weighted by Gasteiger charge is 2.00. The van der Waals surface area contributed by atoms with Gasteiger partial charge in [0.05, 0.1) is 0 Å². The molecule has 4 N–H and O–H groups in total. The molecule has 5 nitrogen and oxygen atoms in total. The van der Waals surface area contributed by atoms with Gasteiger partial charge in [0.25, 0.3) is 0 Å². The molecule has 6 heteroatoms.